The Kier molecular flexibility index (Phi) is 5.17. The Morgan fingerprint density at radius 3 is 2.87 bits per heavy atom. The van der Waals surface area contributed by atoms with Gasteiger partial charge in [-0.2, -0.15) is 5.10 Å². The van der Waals surface area contributed by atoms with E-state index in [0.717, 1.165) is 51.5 Å². The lowest BCUT2D eigenvalue weighted by molar-refractivity contribution is 0.551. The van der Waals surface area contributed by atoms with Gasteiger partial charge in [-0.1, -0.05) is 41.7 Å². The zero-order chi connectivity index (χ0) is 20.5. The lowest BCUT2D eigenvalue weighted by atomic mass is 10.1. The van der Waals surface area contributed by atoms with Crippen LogP contribution in [0.25, 0.3) is 10.6 Å². The van der Waals surface area contributed by atoms with Crippen LogP contribution in [-0.4, -0.2) is 35.6 Å². The molecule has 4 heterocycles. The van der Waals surface area contributed by atoms with E-state index >= 15 is 0 Å². The van der Waals surface area contributed by atoms with Crippen LogP contribution in [0.5, 0.6) is 0 Å². The first-order chi connectivity index (χ1) is 14.7. The number of aryl methyl sites for hydroxylation is 2. The Bertz CT molecular complexity index is 1210. The highest BCUT2D eigenvalue weighted by Crippen LogP contribution is 2.27. The third-order valence-electron chi connectivity index (χ3n) is 5.17. The van der Waals surface area contributed by atoms with Gasteiger partial charge < -0.3 is 5.32 Å². The Hall–Kier alpha value is -2.85. The Labute approximate surface area is 181 Å². The van der Waals surface area contributed by atoms with E-state index in [0.29, 0.717) is 13.1 Å². The molecular formula is C20H21N7OS2. The SMILES string of the molecule is Cc1nc(Cn2nc3n(c2=O)CCC(Nc2nnc(-c4ccccc4)s2)CC3)cs1. The van der Waals surface area contributed by atoms with Crippen LogP contribution < -0.4 is 11.0 Å². The molecule has 30 heavy (non-hydrogen) atoms. The number of thiazole rings is 1. The highest BCUT2D eigenvalue weighted by Gasteiger charge is 2.22. The molecule has 0 aliphatic carbocycles. The summed E-state index contributed by atoms with van der Waals surface area (Å²) >= 11 is 3.14. The fourth-order valence-corrected chi connectivity index (χ4v) is 5.09. The molecule has 0 saturated carbocycles. The summed E-state index contributed by atoms with van der Waals surface area (Å²) in [6, 6.07) is 10.3. The standard InChI is InChI=1S/C20H21N7OS2/c1-13-21-16(12-29-13)11-27-20(28)26-10-9-15(7-8-17(26)25-27)22-19-24-23-18(30-19)14-5-3-2-4-6-14/h2-6,12,15H,7-11H2,1H3,(H,22,24). The molecule has 8 nitrogen and oxygen atoms in total. The zero-order valence-electron chi connectivity index (χ0n) is 16.5. The number of hydrogen-bond donors (Lipinski definition) is 1. The van der Waals surface area contributed by atoms with Gasteiger partial charge in [0.15, 0.2) is 0 Å². The summed E-state index contributed by atoms with van der Waals surface area (Å²) in [7, 11) is 0. The van der Waals surface area contributed by atoms with Gasteiger partial charge in [-0.25, -0.2) is 14.5 Å². The van der Waals surface area contributed by atoms with Crippen LogP contribution in [0.1, 0.15) is 29.4 Å². The maximum Gasteiger partial charge on any atom is 0.346 e. The average Bonchev–Trinajstić information content (AvgIpc) is 3.42. The third-order valence-corrected chi connectivity index (χ3v) is 6.89. The summed E-state index contributed by atoms with van der Waals surface area (Å²) in [5.74, 6) is 0.846. The molecule has 0 bridgehead atoms. The summed E-state index contributed by atoms with van der Waals surface area (Å²) in [6.07, 6.45) is 2.49. The van der Waals surface area contributed by atoms with Gasteiger partial charge in [0.1, 0.15) is 10.8 Å². The van der Waals surface area contributed by atoms with Crippen molar-refractivity contribution in [2.24, 2.45) is 0 Å². The van der Waals surface area contributed by atoms with Crippen molar-refractivity contribution in [1.82, 2.24) is 29.5 Å². The number of hydrogen-bond acceptors (Lipinski definition) is 8. The van der Waals surface area contributed by atoms with Crippen molar-refractivity contribution in [3.63, 3.8) is 0 Å². The van der Waals surface area contributed by atoms with Gasteiger partial charge in [0.05, 0.1) is 17.2 Å². The van der Waals surface area contributed by atoms with Gasteiger partial charge in [0.2, 0.25) is 5.13 Å². The maximum absolute atomic E-state index is 12.8. The molecule has 3 aromatic heterocycles. The Morgan fingerprint density at radius 2 is 2.07 bits per heavy atom. The van der Waals surface area contributed by atoms with Crippen molar-refractivity contribution >= 4 is 27.8 Å². The second-order valence-corrected chi connectivity index (χ2v) is 9.35. The van der Waals surface area contributed by atoms with E-state index < -0.39 is 0 Å². The van der Waals surface area contributed by atoms with Crippen LogP contribution in [0.2, 0.25) is 0 Å². The lowest BCUT2D eigenvalue weighted by Gasteiger charge is -2.14. The molecule has 4 aromatic rings. The first-order valence-corrected chi connectivity index (χ1v) is 11.6. The fraction of sp³-hybridized carbons (Fsp3) is 0.350. The van der Waals surface area contributed by atoms with Crippen LogP contribution in [0.3, 0.4) is 0 Å². The van der Waals surface area contributed by atoms with Gasteiger partial charge in [-0.05, 0) is 19.8 Å². The molecule has 5 rings (SSSR count). The third kappa shape index (κ3) is 3.92. The first-order valence-electron chi connectivity index (χ1n) is 9.89. The maximum atomic E-state index is 12.8. The molecule has 1 aliphatic rings. The molecule has 154 valence electrons. The van der Waals surface area contributed by atoms with Crippen LogP contribution in [0.4, 0.5) is 5.13 Å². The van der Waals surface area contributed by atoms with Gasteiger partial charge in [-0.3, -0.25) is 4.57 Å². The van der Waals surface area contributed by atoms with E-state index in [1.54, 1.807) is 27.2 Å². The second kappa shape index (κ2) is 8.11. The van der Waals surface area contributed by atoms with E-state index in [1.807, 2.05) is 42.6 Å². The van der Waals surface area contributed by atoms with Crippen LogP contribution >= 0.6 is 22.7 Å². The number of aromatic nitrogens is 6. The van der Waals surface area contributed by atoms with Crippen LogP contribution in [0.15, 0.2) is 40.5 Å². The molecule has 1 aliphatic heterocycles. The Morgan fingerprint density at radius 1 is 1.20 bits per heavy atom. The van der Waals surface area contributed by atoms with Gasteiger partial charge in [0.25, 0.3) is 0 Å². The molecule has 1 N–H and O–H groups in total. The summed E-state index contributed by atoms with van der Waals surface area (Å²) in [4.78, 5) is 17.2. The predicted octanol–water partition coefficient (Wildman–Crippen LogP) is 3.19. The summed E-state index contributed by atoms with van der Waals surface area (Å²) in [6.45, 7) is 3.04. The fourth-order valence-electron chi connectivity index (χ4n) is 3.66. The van der Waals surface area contributed by atoms with E-state index in [9.17, 15) is 4.79 Å². The molecule has 1 aromatic carbocycles. The molecule has 0 radical (unpaired) electrons. The van der Waals surface area contributed by atoms with Crippen molar-refractivity contribution in [3.8, 4) is 10.6 Å². The summed E-state index contributed by atoms with van der Waals surface area (Å²) in [5.41, 5.74) is 1.90. The monoisotopic (exact) mass is 439 g/mol. The molecular weight excluding hydrogens is 418 g/mol. The number of benzene rings is 1. The van der Waals surface area contributed by atoms with E-state index in [4.69, 9.17) is 0 Å². The number of nitrogens with one attached hydrogen (secondary N) is 1. The van der Waals surface area contributed by atoms with Crippen molar-refractivity contribution < 1.29 is 0 Å². The lowest BCUT2D eigenvalue weighted by Crippen LogP contribution is -2.27. The molecule has 10 heteroatoms. The van der Waals surface area contributed by atoms with Crippen molar-refractivity contribution in [2.75, 3.05) is 5.32 Å². The smallest absolute Gasteiger partial charge is 0.346 e. The van der Waals surface area contributed by atoms with E-state index in [-0.39, 0.29) is 11.7 Å². The highest BCUT2D eigenvalue weighted by atomic mass is 32.1. The van der Waals surface area contributed by atoms with Crippen LogP contribution in [0, 0.1) is 6.92 Å². The van der Waals surface area contributed by atoms with Gasteiger partial charge >= 0.3 is 5.69 Å². The second-order valence-electron chi connectivity index (χ2n) is 7.31. The zero-order valence-corrected chi connectivity index (χ0v) is 18.1. The van der Waals surface area contributed by atoms with Crippen molar-refractivity contribution in [2.45, 2.75) is 45.3 Å². The minimum Gasteiger partial charge on any atom is -0.357 e. The minimum atomic E-state index is -0.0569. The Balaban J connectivity index is 1.25. The molecule has 1 unspecified atom stereocenters. The number of rotatable bonds is 5. The number of nitrogens with zero attached hydrogens (tertiary/aromatic N) is 6. The molecule has 1 atom stereocenters. The van der Waals surface area contributed by atoms with Gasteiger partial charge in [0, 0.05) is 30.0 Å². The quantitative estimate of drug-likeness (QED) is 0.514. The predicted molar refractivity (Wildman–Crippen MR) is 118 cm³/mol. The van der Waals surface area contributed by atoms with Crippen molar-refractivity contribution in [3.05, 3.63) is 62.7 Å². The minimum absolute atomic E-state index is 0.0569. The van der Waals surface area contributed by atoms with Crippen molar-refractivity contribution in [1.29, 1.82) is 0 Å². The molecule has 0 fully saturated rings. The van der Waals surface area contributed by atoms with Gasteiger partial charge in [-0.15, -0.1) is 21.5 Å². The summed E-state index contributed by atoms with van der Waals surface area (Å²) < 4.78 is 3.34. The molecule has 0 spiro atoms. The molecule has 0 saturated heterocycles. The molecule has 0 amide bonds. The highest BCUT2D eigenvalue weighted by molar-refractivity contribution is 7.18. The number of anilines is 1. The van der Waals surface area contributed by atoms with E-state index in [2.05, 4.69) is 25.6 Å². The topological polar surface area (TPSA) is 90.5 Å². The largest absolute Gasteiger partial charge is 0.357 e. The number of fused-ring (bicyclic) bond motifs is 1. The first kappa shape index (κ1) is 19.1. The van der Waals surface area contributed by atoms with E-state index in [1.165, 1.54) is 4.68 Å². The summed E-state index contributed by atoms with van der Waals surface area (Å²) in [5, 5.41) is 21.4. The average molecular weight is 440 g/mol. The normalized spacial score (nSPS) is 16.2. The van der Waals surface area contributed by atoms with Crippen LogP contribution in [-0.2, 0) is 19.5 Å².